The minimum Gasteiger partial charge on any atom is -0.494 e. The van der Waals surface area contributed by atoms with Gasteiger partial charge in [0.25, 0.3) is 5.91 Å². The summed E-state index contributed by atoms with van der Waals surface area (Å²) in [6, 6.07) is 7.82. The number of carbonyl (C=O) groups excluding carboxylic acids is 2. The third-order valence-electron chi connectivity index (χ3n) is 3.87. The first-order valence-electron chi connectivity index (χ1n) is 8.49. The van der Waals surface area contributed by atoms with E-state index in [-0.39, 0.29) is 5.75 Å². The molecule has 0 aromatic heterocycles. The van der Waals surface area contributed by atoms with E-state index in [2.05, 4.69) is 5.32 Å². The molecule has 0 aliphatic heterocycles. The van der Waals surface area contributed by atoms with Crippen molar-refractivity contribution in [3.8, 4) is 11.2 Å². The topological polar surface area (TPSA) is 88.4 Å². The SMILES string of the molecule is COc1ccc(/C=C/C(=O)OCC(=O)Nc2c(C)cc(SC#N)cc2C)cc1F. The summed E-state index contributed by atoms with van der Waals surface area (Å²) in [5, 5.41) is 13.5. The number of rotatable bonds is 7. The van der Waals surface area contributed by atoms with Gasteiger partial charge in [-0.3, -0.25) is 4.79 Å². The van der Waals surface area contributed by atoms with Crippen molar-refractivity contribution in [2.24, 2.45) is 0 Å². The predicted molar refractivity (Wildman–Crippen MR) is 109 cm³/mol. The van der Waals surface area contributed by atoms with E-state index in [1.54, 1.807) is 18.2 Å². The molecule has 0 bridgehead atoms. The Kier molecular flexibility index (Phi) is 7.80. The van der Waals surface area contributed by atoms with Gasteiger partial charge in [0.1, 0.15) is 5.40 Å². The molecule has 2 rings (SSSR count). The normalized spacial score (nSPS) is 10.4. The lowest BCUT2D eigenvalue weighted by Gasteiger charge is -2.12. The van der Waals surface area contributed by atoms with Crippen LogP contribution in [-0.4, -0.2) is 25.6 Å². The highest BCUT2D eigenvalue weighted by molar-refractivity contribution is 8.03. The van der Waals surface area contributed by atoms with Gasteiger partial charge in [-0.15, -0.1) is 0 Å². The fraction of sp³-hybridized carbons (Fsp3) is 0.190. The van der Waals surface area contributed by atoms with E-state index in [9.17, 15) is 14.0 Å². The number of aryl methyl sites for hydroxylation is 2. The molecular formula is C21H19FN2O4S. The predicted octanol–water partition coefficient (Wildman–Crippen LogP) is 4.22. The van der Waals surface area contributed by atoms with Crippen molar-refractivity contribution in [2.75, 3.05) is 19.0 Å². The average molecular weight is 414 g/mol. The summed E-state index contributed by atoms with van der Waals surface area (Å²) in [5.41, 5.74) is 2.65. The van der Waals surface area contributed by atoms with Gasteiger partial charge in [-0.25, -0.2) is 9.18 Å². The first-order chi connectivity index (χ1) is 13.8. The number of thioether (sulfide) groups is 1. The quantitative estimate of drug-likeness (QED) is 0.316. The standard InChI is InChI=1S/C21H19FN2O4S/c1-13-8-16(29-12-23)9-14(2)21(13)24-19(25)11-28-20(26)7-5-15-4-6-18(27-3)17(22)10-15/h4-10H,11H2,1-3H3,(H,24,25)/b7-5+. The number of benzene rings is 2. The monoisotopic (exact) mass is 414 g/mol. The van der Waals surface area contributed by atoms with E-state index >= 15 is 0 Å². The van der Waals surface area contributed by atoms with E-state index in [4.69, 9.17) is 14.7 Å². The summed E-state index contributed by atoms with van der Waals surface area (Å²) in [6.45, 7) is 3.16. The number of hydrogen-bond acceptors (Lipinski definition) is 6. The maximum atomic E-state index is 13.6. The van der Waals surface area contributed by atoms with Crippen molar-refractivity contribution < 1.29 is 23.5 Å². The number of anilines is 1. The number of esters is 1. The number of nitriles is 1. The molecule has 0 saturated carbocycles. The zero-order chi connectivity index (χ0) is 21.4. The van der Waals surface area contributed by atoms with Crippen LogP contribution >= 0.6 is 11.8 Å². The Hall–Kier alpha value is -3.31. The average Bonchev–Trinajstić information content (AvgIpc) is 2.68. The van der Waals surface area contributed by atoms with Crippen LogP contribution in [0.4, 0.5) is 10.1 Å². The molecule has 1 N–H and O–H groups in total. The van der Waals surface area contributed by atoms with Gasteiger partial charge in [-0.2, -0.15) is 5.26 Å². The van der Waals surface area contributed by atoms with Gasteiger partial charge in [-0.05, 0) is 72.6 Å². The van der Waals surface area contributed by atoms with Crippen molar-refractivity contribution in [1.29, 1.82) is 5.26 Å². The van der Waals surface area contributed by atoms with Gasteiger partial charge in [0.15, 0.2) is 18.2 Å². The van der Waals surface area contributed by atoms with E-state index in [1.807, 2.05) is 19.2 Å². The molecule has 8 heteroatoms. The van der Waals surface area contributed by atoms with Crippen molar-refractivity contribution in [2.45, 2.75) is 18.7 Å². The molecule has 1 amide bonds. The number of nitrogens with one attached hydrogen (secondary N) is 1. The lowest BCUT2D eigenvalue weighted by molar-refractivity contribution is -0.142. The molecule has 0 fully saturated rings. The summed E-state index contributed by atoms with van der Waals surface area (Å²) in [7, 11) is 1.36. The lowest BCUT2D eigenvalue weighted by Crippen LogP contribution is -2.21. The number of halogens is 1. The number of nitrogens with zero attached hydrogens (tertiary/aromatic N) is 1. The Morgan fingerprint density at radius 1 is 1.24 bits per heavy atom. The summed E-state index contributed by atoms with van der Waals surface area (Å²) in [4.78, 5) is 24.7. The second-order valence-corrected chi connectivity index (χ2v) is 6.87. The van der Waals surface area contributed by atoms with Crippen LogP contribution in [0.25, 0.3) is 6.08 Å². The highest BCUT2D eigenvalue weighted by Gasteiger charge is 2.11. The number of hydrogen-bond donors (Lipinski definition) is 1. The van der Waals surface area contributed by atoms with Crippen LogP contribution in [0.5, 0.6) is 5.75 Å². The fourth-order valence-electron chi connectivity index (χ4n) is 2.54. The highest BCUT2D eigenvalue weighted by Crippen LogP contribution is 2.27. The molecule has 0 heterocycles. The Morgan fingerprint density at radius 2 is 1.93 bits per heavy atom. The molecule has 2 aromatic carbocycles. The van der Waals surface area contributed by atoms with Crippen LogP contribution < -0.4 is 10.1 Å². The molecule has 0 atom stereocenters. The fourth-order valence-corrected chi connectivity index (χ4v) is 3.12. The molecule has 0 spiro atoms. The van der Waals surface area contributed by atoms with Gasteiger partial charge < -0.3 is 14.8 Å². The van der Waals surface area contributed by atoms with Crippen molar-refractivity contribution in [3.05, 3.63) is 58.9 Å². The first-order valence-corrected chi connectivity index (χ1v) is 9.31. The molecule has 0 saturated heterocycles. The zero-order valence-corrected chi connectivity index (χ0v) is 16.9. The summed E-state index contributed by atoms with van der Waals surface area (Å²) in [5.74, 6) is -1.67. The molecule has 0 aliphatic carbocycles. The Balaban J connectivity index is 1.91. The molecule has 2 aromatic rings. The highest BCUT2D eigenvalue weighted by atomic mass is 32.2. The summed E-state index contributed by atoms with van der Waals surface area (Å²) >= 11 is 1.04. The second kappa shape index (κ2) is 10.3. The van der Waals surface area contributed by atoms with E-state index in [0.717, 1.165) is 33.9 Å². The van der Waals surface area contributed by atoms with Crippen molar-refractivity contribution in [1.82, 2.24) is 0 Å². The number of amides is 1. The number of thiocyanates is 1. The van der Waals surface area contributed by atoms with Crippen LogP contribution in [0.15, 0.2) is 41.3 Å². The van der Waals surface area contributed by atoms with Gasteiger partial charge in [0.2, 0.25) is 0 Å². The Morgan fingerprint density at radius 3 is 2.52 bits per heavy atom. The maximum absolute atomic E-state index is 13.6. The van der Waals surface area contributed by atoms with Crippen molar-refractivity contribution in [3.63, 3.8) is 0 Å². The largest absolute Gasteiger partial charge is 0.494 e. The molecule has 0 radical (unpaired) electrons. The third-order valence-corrected chi connectivity index (χ3v) is 4.43. The van der Waals surface area contributed by atoms with Gasteiger partial charge in [0.05, 0.1) is 7.11 Å². The van der Waals surface area contributed by atoms with Crippen LogP contribution in [0.3, 0.4) is 0 Å². The van der Waals surface area contributed by atoms with Gasteiger partial charge in [-0.1, -0.05) is 6.07 Å². The molecule has 0 unspecified atom stereocenters. The number of ether oxygens (including phenoxy) is 2. The van der Waals surface area contributed by atoms with Gasteiger partial charge >= 0.3 is 5.97 Å². The van der Waals surface area contributed by atoms with E-state index < -0.39 is 24.3 Å². The van der Waals surface area contributed by atoms with Crippen LogP contribution in [0, 0.1) is 30.3 Å². The summed E-state index contributed by atoms with van der Waals surface area (Å²) < 4.78 is 23.4. The Bertz CT molecular complexity index is 976. The van der Waals surface area contributed by atoms with E-state index in [0.29, 0.717) is 11.3 Å². The molecule has 150 valence electrons. The van der Waals surface area contributed by atoms with Crippen molar-refractivity contribution >= 4 is 35.4 Å². The van der Waals surface area contributed by atoms with E-state index in [1.165, 1.54) is 25.3 Å². The second-order valence-electron chi connectivity index (χ2n) is 6.01. The van der Waals surface area contributed by atoms with Crippen LogP contribution in [0.1, 0.15) is 16.7 Å². The number of methoxy groups -OCH3 is 1. The molecular weight excluding hydrogens is 395 g/mol. The first kappa shape index (κ1) is 22.0. The molecule has 0 aliphatic rings. The van der Waals surface area contributed by atoms with Crippen LogP contribution in [0.2, 0.25) is 0 Å². The zero-order valence-electron chi connectivity index (χ0n) is 16.1. The minimum atomic E-state index is -0.731. The third kappa shape index (κ3) is 6.36. The van der Waals surface area contributed by atoms with Crippen LogP contribution in [-0.2, 0) is 14.3 Å². The maximum Gasteiger partial charge on any atom is 0.331 e. The minimum absolute atomic E-state index is 0.103. The molecule has 29 heavy (non-hydrogen) atoms. The van der Waals surface area contributed by atoms with Gasteiger partial charge in [0, 0.05) is 16.7 Å². The smallest absolute Gasteiger partial charge is 0.331 e. The molecule has 6 nitrogen and oxygen atoms in total. The lowest BCUT2D eigenvalue weighted by atomic mass is 10.1. The number of carbonyl (C=O) groups is 2. The Labute approximate surface area is 172 Å². The summed E-state index contributed by atoms with van der Waals surface area (Å²) in [6.07, 6.45) is 2.49.